The second kappa shape index (κ2) is 14.9. The molecule has 0 bridgehead atoms. The zero-order valence-corrected chi connectivity index (χ0v) is 17.9. The molecule has 1 heterocycles. The largest absolute Gasteiger partial charge is 0.383 e. The monoisotopic (exact) mass is 429 g/mol. The third kappa shape index (κ3) is 10.7. The van der Waals surface area contributed by atoms with Crippen LogP contribution < -0.4 is 16.4 Å². The molecule has 0 unspecified atom stereocenters. The van der Waals surface area contributed by atoms with Crippen LogP contribution in [0.2, 0.25) is 0 Å². The molecule has 0 spiro atoms. The molecule has 1 saturated heterocycles. The molecule has 0 aromatic rings. The number of nitrogens with two attached hydrogens (primary N) is 1. The Morgan fingerprint density at radius 1 is 1.07 bits per heavy atom. The van der Waals surface area contributed by atoms with Crippen molar-refractivity contribution in [1.82, 2.24) is 20.4 Å². The summed E-state index contributed by atoms with van der Waals surface area (Å²) in [4.78, 5) is 39.4. The first-order chi connectivity index (χ1) is 11.8. The Hall–Kier alpha value is -1.13. The van der Waals surface area contributed by atoms with Gasteiger partial charge < -0.3 is 26.0 Å². The molecule has 0 saturated carbocycles. The van der Waals surface area contributed by atoms with Crippen molar-refractivity contribution in [2.75, 3.05) is 59.5 Å². The summed E-state index contributed by atoms with van der Waals surface area (Å²) in [5.74, 6) is -0.469. The van der Waals surface area contributed by atoms with Gasteiger partial charge >= 0.3 is 0 Å². The summed E-state index contributed by atoms with van der Waals surface area (Å²) in [6, 6.07) is -0.610. The maximum absolute atomic E-state index is 12.2. The first-order valence-electron chi connectivity index (χ1n) is 8.64. The Bertz CT molecular complexity index is 460. The fourth-order valence-electron chi connectivity index (χ4n) is 2.40. The number of methoxy groups -OCH3 is 1. The van der Waals surface area contributed by atoms with Crippen LogP contribution in [0.4, 0.5) is 0 Å². The van der Waals surface area contributed by atoms with E-state index in [1.165, 1.54) is 0 Å². The van der Waals surface area contributed by atoms with E-state index in [1.807, 2.05) is 18.7 Å². The molecule has 3 amide bonds. The van der Waals surface area contributed by atoms with E-state index in [4.69, 9.17) is 10.5 Å². The number of rotatable bonds is 9. The molecule has 4 N–H and O–H groups in total. The maximum atomic E-state index is 12.2. The van der Waals surface area contributed by atoms with Gasteiger partial charge in [0.05, 0.1) is 25.7 Å². The van der Waals surface area contributed by atoms with Crippen molar-refractivity contribution in [3.8, 4) is 0 Å². The third-order valence-corrected chi connectivity index (χ3v) is 4.16. The van der Waals surface area contributed by atoms with Gasteiger partial charge in [-0.05, 0) is 5.92 Å². The number of carbonyl (C=O) groups is 3. The number of hydrogen-bond donors (Lipinski definition) is 3. The fourth-order valence-corrected chi connectivity index (χ4v) is 2.40. The molecule has 11 heteroatoms. The molecular weight excluding hydrogens is 397 g/mol. The molecule has 9 nitrogen and oxygen atoms in total. The minimum absolute atomic E-state index is 0. The van der Waals surface area contributed by atoms with Crippen molar-refractivity contribution >= 4 is 42.5 Å². The van der Waals surface area contributed by atoms with Crippen molar-refractivity contribution in [3.63, 3.8) is 0 Å². The van der Waals surface area contributed by atoms with Gasteiger partial charge in [-0.3, -0.25) is 19.3 Å². The molecule has 27 heavy (non-hydrogen) atoms. The number of carbonyl (C=O) groups excluding carboxylic acids is 3. The Balaban J connectivity index is 0. The minimum Gasteiger partial charge on any atom is -0.383 e. The lowest BCUT2D eigenvalue weighted by molar-refractivity contribution is -0.135. The molecule has 160 valence electrons. The number of piperazine rings is 1. The van der Waals surface area contributed by atoms with Gasteiger partial charge in [0.15, 0.2) is 0 Å². The van der Waals surface area contributed by atoms with Crippen molar-refractivity contribution in [1.29, 1.82) is 0 Å². The van der Waals surface area contributed by atoms with Gasteiger partial charge in [0.1, 0.15) is 0 Å². The predicted molar refractivity (Wildman–Crippen MR) is 108 cm³/mol. The number of amides is 3. The highest BCUT2D eigenvalue weighted by molar-refractivity contribution is 5.87. The van der Waals surface area contributed by atoms with Gasteiger partial charge in [0.25, 0.3) is 0 Å². The fraction of sp³-hybridized carbons (Fsp3) is 0.812. The van der Waals surface area contributed by atoms with Crippen molar-refractivity contribution in [2.45, 2.75) is 19.9 Å². The highest BCUT2D eigenvalue weighted by atomic mass is 35.5. The zero-order valence-electron chi connectivity index (χ0n) is 16.2. The van der Waals surface area contributed by atoms with Crippen LogP contribution in [-0.2, 0) is 19.1 Å². The summed E-state index contributed by atoms with van der Waals surface area (Å²) in [7, 11) is 1.58. The standard InChI is InChI=1S/C16H31N5O4.2ClH/c1-12(2)15(17)16(24)19-10-14(23)21-7-5-20(6-8-21)11-13(22)18-4-9-25-3;;/h12,15H,4-11,17H2,1-3H3,(H,18,22)(H,19,24);2*1H/t15-;;/m0../s1. The molecule has 1 fully saturated rings. The summed E-state index contributed by atoms with van der Waals surface area (Å²) in [5.41, 5.74) is 5.74. The molecule has 1 aliphatic heterocycles. The van der Waals surface area contributed by atoms with Crippen LogP contribution in [-0.4, -0.2) is 93.1 Å². The lowest BCUT2D eigenvalue weighted by Crippen LogP contribution is -2.54. The molecule has 0 aromatic heterocycles. The summed E-state index contributed by atoms with van der Waals surface area (Å²) in [5, 5.41) is 5.36. The number of nitrogens with one attached hydrogen (secondary N) is 2. The van der Waals surface area contributed by atoms with E-state index in [0.29, 0.717) is 45.9 Å². The average Bonchev–Trinajstić information content (AvgIpc) is 2.59. The normalized spacial score (nSPS) is 15.4. The first-order valence-corrected chi connectivity index (χ1v) is 8.64. The molecule has 1 rings (SSSR count). The average molecular weight is 430 g/mol. The molecule has 0 radical (unpaired) electrons. The Morgan fingerprint density at radius 3 is 2.19 bits per heavy atom. The number of ether oxygens (including phenoxy) is 1. The Morgan fingerprint density at radius 2 is 1.67 bits per heavy atom. The first kappa shape index (κ1) is 28.1. The highest BCUT2D eigenvalue weighted by Gasteiger charge is 2.23. The molecule has 0 aliphatic carbocycles. The van der Waals surface area contributed by atoms with E-state index in [1.54, 1.807) is 12.0 Å². The van der Waals surface area contributed by atoms with E-state index in [2.05, 4.69) is 10.6 Å². The predicted octanol–water partition coefficient (Wildman–Crippen LogP) is -1.16. The SMILES string of the molecule is COCCNC(=O)CN1CCN(C(=O)CNC(=O)[C@@H](N)C(C)C)CC1.Cl.Cl. The van der Waals surface area contributed by atoms with Gasteiger partial charge in [-0.2, -0.15) is 0 Å². The zero-order chi connectivity index (χ0) is 18.8. The maximum Gasteiger partial charge on any atom is 0.242 e. The molecule has 0 aromatic carbocycles. The quantitative estimate of drug-likeness (QED) is 0.397. The summed E-state index contributed by atoms with van der Waals surface area (Å²) < 4.78 is 4.88. The van der Waals surface area contributed by atoms with Gasteiger partial charge in [-0.15, -0.1) is 24.8 Å². The minimum atomic E-state index is -0.610. The molecule has 1 aliphatic rings. The molecule has 1 atom stereocenters. The van der Waals surface area contributed by atoms with Gasteiger partial charge in [-0.1, -0.05) is 13.8 Å². The van der Waals surface area contributed by atoms with Gasteiger partial charge in [-0.25, -0.2) is 0 Å². The van der Waals surface area contributed by atoms with Crippen LogP contribution in [0.1, 0.15) is 13.8 Å². The van der Waals surface area contributed by atoms with E-state index in [9.17, 15) is 14.4 Å². The lowest BCUT2D eigenvalue weighted by atomic mass is 10.1. The number of hydrogen-bond acceptors (Lipinski definition) is 6. The summed E-state index contributed by atoms with van der Waals surface area (Å²) >= 11 is 0. The number of halogens is 2. The topological polar surface area (TPSA) is 117 Å². The summed E-state index contributed by atoms with van der Waals surface area (Å²) in [6.45, 7) is 7.29. The second-order valence-corrected chi connectivity index (χ2v) is 6.49. The van der Waals surface area contributed by atoms with Crippen LogP contribution in [0.15, 0.2) is 0 Å². The smallest absolute Gasteiger partial charge is 0.242 e. The van der Waals surface area contributed by atoms with E-state index in [0.717, 1.165) is 0 Å². The van der Waals surface area contributed by atoms with Crippen LogP contribution in [0.3, 0.4) is 0 Å². The molecular formula is C16H33Cl2N5O4. The highest BCUT2D eigenvalue weighted by Crippen LogP contribution is 2.02. The van der Waals surface area contributed by atoms with Crippen LogP contribution in [0, 0.1) is 5.92 Å². The lowest BCUT2D eigenvalue weighted by Gasteiger charge is -2.34. The Labute approximate surface area is 173 Å². The van der Waals surface area contributed by atoms with E-state index in [-0.39, 0.29) is 55.0 Å². The van der Waals surface area contributed by atoms with Gasteiger partial charge in [0, 0.05) is 39.8 Å². The van der Waals surface area contributed by atoms with E-state index >= 15 is 0 Å². The van der Waals surface area contributed by atoms with Crippen molar-refractivity contribution in [2.24, 2.45) is 11.7 Å². The van der Waals surface area contributed by atoms with Crippen LogP contribution >= 0.6 is 24.8 Å². The van der Waals surface area contributed by atoms with Crippen LogP contribution in [0.25, 0.3) is 0 Å². The third-order valence-electron chi connectivity index (χ3n) is 4.16. The number of nitrogens with zero attached hydrogens (tertiary/aromatic N) is 2. The van der Waals surface area contributed by atoms with E-state index < -0.39 is 6.04 Å². The van der Waals surface area contributed by atoms with Crippen molar-refractivity contribution < 1.29 is 19.1 Å². The summed E-state index contributed by atoms with van der Waals surface area (Å²) in [6.07, 6.45) is 0. The van der Waals surface area contributed by atoms with Crippen LogP contribution in [0.5, 0.6) is 0 Å². The Kier molecular flexibility index (Phi) is 15.5. The van der Waals surface area contributed by atoms with Gasteiger partial charge in [0.2, 0.25) is 17.7 Å². The van der Waals surface area contributed by atoms with Crippen molar-refractivity contribution in [3.05, 3.63) is 0 Å². The second-order valence-electron chi connectivity index (χ2n) is 6.49.